The van der Waals surface area contributed by atoms with Gasteiger partial charge in [-0.05, 0) is 99.2 Å². The number of Topliss-reactive ketones (excluding diaryl/α,β-unsaturated/α-hetero) is 1. The summed E-state index contributed by atoms with van der Waals surface area (Å²) in [5.41, 5.74) is -0.245. The van der Waals surface area contributed by atoms with Gasteiger partial charge in [0.1, 0.15) is 5.78 Å². The molecule has 0 aromatic carbocycles. The molecule has 5 rings (SSSR count). The fraction of sp³-hybridized carbons (Fsp3) is 0.962. The van der Waals surface area contributed by atoms with Crippen molar-refractivity contribution < 1.29 is 14.6 Å². The molecule has 5 fully saturated rings. The number of fused-ring (bicyclic) bond motifs is 5. The Morgan fingerprint density at radius 3 is 2.57 bits per heavy atom. The highest BCUT2D eigenvalue weighted by molar-refractivity contribution is 5.84. The number of morpholine rings is 1. The zero-order chi connectivity index (χ0) is 21.1. The number of nitrogens with zero attached hydrogens (tertiary/aromatic N) is 1. The summed E-state index contributed by atoms with van der Waals surface area (Å²) < 4.78 is 5.47. The van der Waals surface area contributed by atoms with Crippen LogP contribution in [0.25, 0.3) is 0 Å². The molecule has 0 radical (unpaired) electrons. The number of hydrogen-bond acceptors (Lipinski definition) is 4. The second-order valence-corrected chi connectivity index (χ2v) is 12.2. The summed E-state index contributed by atoms with van der Waals surface area (Å²) in [4.78, 5) is 15.7. The van der Waals surface area contributed by atoms with Crippen molar-refractivity contribution >= 4 is 5.78 Å². The summed E-state index contributed by atoms with van der Waals surface area (Å²) in [6, 6.07) is 0. The van der Waals surface area contributed by atoms with E-state index in [1.54, 1.807) is 0 Å². The van der Waals surface area contributed by atoms with Crippen molar-refractivity contribution in [3.8, 4) is 0 Å². The van der Waals surface area contributed by atoms with E-state index >= 15 is 0 Å². The smallest absolute Gasteiger partial charge is 0.150 e. The molecule has 4 aliphatic carbocycles. The molecule has 9 atom stereocenters. The second-order valence-electron chi connectivity index (χ2n) is 12.2. The van der Waals surface area contributed by atoms with Gasteiger partial charge >= 0.3 is 0 Å². The van der Waals surface area contributed by atoms with Gasteiger partial charge in [0.15, 0.2) is 0 Å². The summed E-state index contributed by atoms with van der Waals surface area (Å²) in [7, 11) is 0. The van der Waals surface area contributed by atoms with Crippen LogP contribution in [0.3, 0.4) is 0 Å². The molecule has 170 valence electrons. The van der Waals surface area contributed by atoms with Crippen LogP contribution in [0.15, 0.2) is 0 Å². The van der Waals surface area contributed by atoms with Crippen LogP contribution in [0.2, 0.25) is 0 Å². The predicted octanol–water partition coefficient (Wildman–Crippen LogP) is 4.15. The molecule has 0 bridgehead atoms. The van der Waals surface area contributed by atoms with E-state index in [9.17, 15) is 9.90 Å². The lowest BCUT2D eigenvalue weighted by Gasteiger charge is -2.58. The minimum atomic E-state index is -0.471. The minimum absolute atomic E-state index is 0.225. The van der Waals surface area contributed by atoms with Gasteiger partial charge in [-0.15, -0.1) is 0 Å². The SMILES string of the molecule is CC1CC2C(CCC3C2CCC2(C)C(C(=O)CN4CCOCC4)CCC32)CC1(C)O. The zero-order valence-corrected chi connectivity index (χ0v) is 19.4. The van der Waals surface area contributed by atoms with Gasteiger partial charge in [-0.3, -0.25) is 9.69 Å². The van der Waals surface area contributed by atoms with Gasteiger partial charge in [0.2, 0.25) is 0 Å². The van der Waals surface area contributed by atoms with Crippen LogP contribution < -0.4 is 0 Å². The first kappa shape index (κ1) is 21.4. The lowest BCUT2D eigenvalue weighted by Crippen LogP contribution is -2.53. The zero-order valence-electron chi connectivity index (χ0n) is 19.4. The fourth-order valence-corrected chi connectivity index (χ4v) is 8.87. The Balaban J connectivity index is 1.29. The lowest BCUT2D eigenvalue weighted by molar-refractivity contribution is -0.137. The molecule has 0 amide bonds. The van der Waals surface area contributed by atoms with E-state index in [0.29, 0.717) is 18.2 Å². The molecule has 1 N–H and O–H groups in total. The fourth-order valence-electron chi connectivity index (χ4n) is 8.87. The van der Waals surface area contributed by atoms with Crippen molar-refractivity contribution in [2.75, 3.05) is 32.8 Å². The van der Waals surface area contributed by atoms with Crippen molar-refractivity contribution in [3.63, 3.8) is 0 Å². The summed E-state index contributed by atoms with van der Waals surface area (Å²) in [6.07, 6.45) is 9.79. The Bertz CT molecular complexity index is 657. The van der Waals surface area contributed by atoms with E-state index in [-0.39, 0.29) is 11.3 Å². The van der Waals surface area contributed by atoms with Crippen molar-refractivity contribution in [2.45, 2.75) is 77.7 Å². The first-order valence-electron chi connectivity index (χ1n) is 12.8. The van der Waals surface area contributed by atoms with Gasteiger partial charge in [-0.1, -0.05) is 13.8 Å². The van der Waals surface area contributed by atoms with Crippen molar-refractivity contribution in [1.82, 2.24) is 4.90 Å². The lowest BCUT2D eigenvalue weighted by atomic mass is 9.48. The highest BCUT2D eigenvalue weighted by atomic mass is 16.5. The van der Waals surface area contributed by atoms with Crippen LogP contribution in [0.4, 0.5) is 0 Å². The van der Waals surface area contributed by atoms with E-state index in [1.165, 1.54) is 38.5 Å². The van der Waals surface area contributed by atoms with Gasteiger partial charge in [0, 0.05) is 19.0 Å². The monoisotopic (exact) mass is 417 g/mol. The van der Waals surface area contributed by atoms with E-state index in [4.69, 9.17) is 4.74 Å². The van der Waals surface area contributed by atoms with E-state index in [1.807, 2.05) is 0 Å². The van der Waals surface area contributed by atoms with Crippen LogP contribution in [-0.2, 0) is 9.53 Å². The largest absolute Gasteiger partial charge is 0.390 e. The molecule has 9 unspecified atom stereocenters. The average molecular weight is 418 g/mol. The van der Waals surface area contributed by atoms with Gasteiger partial charge in [-0.25, -0.2) is 0 Å². The van der Waals surface area contributed by atoms with Crippen LogP contribution in [0.5, 0.6) is 0 Å². The molecule has 30 heavy (non-hydrogen) atoms. The quantitative estimate of drug-likeness (QED) is 0.749. The number of ether oxygens (including phenoxy) is 1. The Morgan fingerprint density at radius 2 is 1.80 bits per heavy atom. The third kappa shape index (κ3) is 3.49. The number of ketones is 1. The van der Waals surface area contributed by atoms with Crippen LogP contribution in [0.1, 0.15) is 72.1 Å². The second kappa shape index (κ2) is 7.85. The Kier molecular flexibility index (Phi) is 5.60. The van der Waals surface area contributed by atoms with Gasteiger partial charge < -0.3 is 9.84 Å². The molecule has 4 saturated carbocycles. The number of hydrogen-bond donors (Lipinski definition) is 1. The number of aliphatic hydroxyl groups is 1. The molecule has 0 spiro atoms. The Labute approximate surface area is 183 Å². The molecule has 1 aliphatic heterocycles. The maximum absolute atomic E-state index is 13.4. The first-order valence-corrected chi connectivity index (χ1v) is 12.8. The number of carbonyl (C=O) groups excluding carboxylic acids is 1. The van der Waals surface area contributed by atoms with Crippen LogP contribution in [-0.4, -0.2) is 54.2 Å². The van der Waals surface area contributed by atoms with Crippen LogP contribution in [0, 0.1) is 46.8 Å². The normalized spacial score (nSPS) is 51.7. The molecule has 1 saturated heterocycles. The van der Waals surface area contributed by atoms with Gasteiger partial charge in [0.25, 0.3) is 0 Å². The summed E-state index contributed by atoms with van der Waals surface area (Å²) in [5, 5.41) is 10.9. The molecular formula is C26H43NO3. The molecule has 0 aromatic heterocycles. The maximum atomic E-state index is 13.4. The Hall–Kier alpha value is -0.450. The average Bonchev–Trinajstić information content (AvgIpc) is 3.07. The maximum Gasteiger partial charge on any atom is 0.150 e. The predicted molar refractivity (Wildman–Crippen MR) is 118 cm³/mol. The van der Waals surface area contributed by atoms with E-state index in [0.717, 1.165) is 68.7 Å². The summed E-state index contributed by atoms with van der Waals surface area (Å²) in [5.74, 6) is 5.14. The molecule has 4 heteroatoms. The van der Waals surface area contributed by atoms with Crippen molar-refractivity contribution in [2.24, 2.45) is 46.8 Å². The minimum Gasteiger partial charge on any atom is -0.390 e. The first-order chi connectivity index (χ1) is 14.3. The Morgan fingerprint density at radius 1 is 1.03 bits per heavy atom. The molecule has 1 heterocycles. The molecule has 5 aliphatic rings. The van der Waals surface area contributed by atoms with E-state index in [2.05, 4.69) is 25.7 Å². The standard InChI is InChI=1S/C26H43NO3/c1-17-14-21-18(15-26(17,3)29)4-5-20-19(21)8-9-25(2)22(20)6-7-23(25)24(28)16-27-10-12-30-13-11-27/h17-23,29H,4-16H2,1-3H3. The van der Waals surface area contributed by atoms with E-state index < -0.39 is 5.60 Å². The number of carbonyl (C=O) groups is 1. The third-order valence-corrected chi connectivity index (χ3v) is 10.8. The van der Waals surface area contributed by atoms with Gasteiger partial charge in [-0.2, -0.15) is 0 Å². The summed E-state index contributed by atoms with van der Waals surface area (Å²) >= 11 is 0. The topological polar surface area (TPSA) is 49.8 Å². The molecule has 0 aromatic rings. The van der Waals surface area contributed by atoms with Crippen LogP contribution >= 0.6 is 0 Å². The highest BCUT2D eigenvalue weighted by Gasteiger charge is 2.59. The summed E-state index contributed by atoms with van der Waals surface area (Å²) in [6.45, 7) is 10.8. The van der Waals surface area contributed by atoms with Crippen molar-refractivity contribution in [3.05, 3.63) is 0 Å². The van der Waals surface area contributed by atoms with Gasteiger partial charge in [0.05, 0.1) is 25.4 Å². The third-order valence-electron chi connectivity index (χ3n) is 10.8. The molecule has 4 nitrogen and oxygen atoms in total. The highest BCUT2D eigenvalue weighted by Crippen LogP contribution is 2.65. The molecular weight excluding hydrogens is 374 g/mol. The number of rotatable bonds is 3. The van der Waals surface area contributed by atoms with Crippen molar-refractivity contribution in [1.29, 1.82) is 0 Å².